The number of anilines is 1. The number of rotatable bonds is 0. The molecule has 54 valence electrons. The van der Waals surface area contributed by atoms with E-state index in [1.165, 1.54) is 12.1 Å². The van der Waals surface area contributed by atoms with Crippen molar-refractivity contribution in [3.8, 4) is 0 Å². The molecule has 0 aromatic heterocycles. The van der Waals surface area contributed by atoms with Gasteiger partial charge in [-0.1, -0.05) is 0 Å². The quantitative estimate of drug-likeness (QED) is 0.555. The number of hydrogen-bond donors (Lipinski definition) is 1. The summed E-state index contributed by atoms with van der Waals surface area (Å²) in [6, 6.07) is 2.80. The Bertz CT molecular complexity index is 237. The largest absolute Gasteiger partial charge is 0.398 e. The number of halogens is 2. The molecule has 2 N–H and O–H groups in total. The maximum atomic E-state index is 12.5. The molecular formula is C7H7FIN. The van der Waals surface area contributed by atoms with E-state index in [1.807, 2.05) is 6.92 Å². The Morgan fingerprint density at radius 1 is 1.50 bits per heavy atom. The molecule has 0 aliphatic heterocycles. The summed E-state index contributed by atoms with van der Waals surface area (Å²) in [6.45, 7) is 1.83. The lowest BCUT2D eigenvalue weighted by molar-refractivity contribution is 0.627. The van der Waals surface area contributed by atoms with E-state index < -0.39 is 0 Å². The molecule has 0 atom stereocenters. The summed E-state index contributed by atoms with van der Waals surface area (Å²) in [5.74, 6) is -0.268. The van der Waals surface area contributed by atoms with E-state index >= 15 is 0 Å². The van der Waals surface area contributed by atoms with Crippen LogP contribution in [0.15, 0.2) is 12.1 Å². The maximum Gasteiger partial charge on any atom is 0.125 e. The SMILES string of the molecule is Cc1cc(F)cc(N)c1I. The van der Waals surface area contributed by atoms with E-state index in [4.69, 9.17) is 5.73 Å². The second-order valence-electron chi connectivity index (χ2n) is 2.13. The summed E-state index contributed by atoms with van der Waals surface area (Å²) in [7, 11) is 0. The lowest BCUT2D eigenvalue weighted by Crippen LogP contribution is -1.93. The van der Waals surface area contributed by atoms with Gasteiger partial charge in [-0.15, -0.1) is 0 Å². The minimum atomic E-state index is -0.268. The van der Waals surface area contributed by atoms with Crippen LogP contribution >= 0.6 is 22.6 Å². The zero-order chi connectivity index (χ0) is 7.72. The third-order valence-electron chi connectivity index (χ3n) is 1.25. The molecule has 0 aliphatic rings. The van der Waals surface area contributed by atoms with Gasteiger partial charge in [-0.05, 0) is 47.2 Å². The van der Waals surface area contributed by atoms with E-state index in [9.17, 15) is 4.39 Å². The van der Waals surface area contributed by atoms with Crippen LogP contribution in [0, 0.1) is 16.3 Å². The van der Waals surface area contributed by atoms with Gasteiger partial charge in [-0.2, -0.15) is 0 Å². The lowest BCUT2D eigenvalue weighted by Gasteiger charge is -2.00. The molecule has 0 bridgehead atoms. The van der Waals surface area contributed by atoms with E-state index in [0.717, 1.165) is 9.13 Å². The zero-order valence-corrected chi connectivity index (χ0v) is 7.65. The van der Waals surface area contributed by atoms with Gasteiger partial charge in [0.05, 0.1) is 0 Å². The van der Waals surface area contributed by atoms with Crippen LogP contribution in [0.4, 0.5) is 10.1 Å². The first-order valence-corrected chi connectivity index (χ1v) is 3.90. The minimum absolute atomic E-state index is 0.268. The molecule has 0 heterocycles. The van der Waals surface area contributed by atoms with Crippen molar-refractivity contribution in [3.63, 3.8) is 0 Å². The highest BCUT2D eigenvalue weighted by Gasteiger charge is 2.00. The maximum absolute atomic E-state index is 12.5. The van der Waals surface area contributed by atoms with Crippen LogP contribution in [-0.2, 0) is 0 Å². The molecule has 10 heavy (non-hydrogen) atoms. The topological polar surface area (TPSA) is 26.0 Å². The van der Waals surface area contributed by atoms with E-state index in [0.29, 0.717) is 5.69 Å². The fraction of sp³-hybridized carbons (Fsp3) is 0.143. The van der Waals surface area contributed by atoms with Gasteiger partial charge in [0, 0.05) is 9.26 Å². The summed E-state index contributed by atoms with van der Waals surface area (Å²) in [5, 5.41) is 0. The number of benzene rings is 1. The number of nitrogens with two attached hydrogens (primary N) is 1. The highest BCUT2D eigenvalue weighted by atomic mass is 127. The molecule has 0 amide bonds. The summed E-state index contributed by atoms with van der Waals surface area (Å²) < 4.78 is 13.5. The molecule has 0 unspecified atom stereocenters. The van der Waals surface area contributed by atoms with Crippen molar-refractivity contribution in [2.45, 2.75) is 6.92 Å². The Morgan fingerprint density at radius 3 is 2.60 bits per heavy atom. The van der Waals surface area contributed by atoms with Crippen LogP contribution in [0.2, 0.25) is 0 Å². The van der Waals surface area contributed by atoms with Gasteiger partial charge in [0.1, 0.15) is 5.82 Å². The zero-order valence-electron chi connectivity index (χ0n) is 5.49. The predicted octanol–water partition coefficient (Wildman–Crippen LogP) is 2.32. The van der Waals surface area contributed by atoms with Gasteiger partial charge >= 0.3 is 0 Å². The van der Waals surface area contributed by atoms with Gasteiger partial charge in [0.25, 0.3) is 0 Å². The van der Waals surface area contributed by atoms with E-state index in [1.54, 1.807) is 0 Å². The Hall–Kier alpha value is -0.320. The van der Waals surface area contributed by atoms with Crippen molar-refractivity contribution in [2.75, 3.05) is 5.73 Å². The second-order valence-corrected chi connectivity index (χ2v) is 3.20. The number of aryl methyl sites for hydroxylation is 1. The smallest absolute Gasteiger partial charge is 0.125 e. The molecule has 1 aromatic carbocycles. The minimum Gasteiger partial charge on any atom is -0.398 e. The Balaban J connectivity index is 3.31. The summed E-state index contributed by atoms with van der Waals surface area (Å²) in [4.78, 5) is 0. The Morgan fingerprint density at radius 2 is 2.10 bits per heavy atom. The van der Waals surface area contributed by atoms with Gasteiger partial charge in [-0.25, -0.2) is 4.39 Å². The van der Waals surface area contributed by atoms with E-state index in [-0.39, 0.29) is 5.82 Å². The normalized spacial score (nSPS) is 9.90. The number of hydrogen-bond acceptors (Lipinski definition) is 1. The molecule has 3 heteroatoms. The Labute approximate surface area is 72.6 Å². The van der Waals surface area contributed by atoms with Crippen LogP contribution in [0.1, 0.15) is 5.56 Å². The van der Waals surface area contributed by atoms with Crippen LogP contribution in [0.25, 0.3) is 0 Å². The monoisotopic (exact) mass is 251 g/mol. The Kier molecular flexibility index (Phi) is 2.13. The fourth-order valence-corrected chi connectivity index (χ4v) is 1.06. The van der Waals surface area contributed by atoms with Crippen LogP contribution in [0.3, 0.4) is 0 Å². The van der Waals surface area contributed by atoms with E-state index in [2.05, 4.69) is 22.6 Å². The molecule has 1 rings (SSSR count). The number of nitrogen functional groups attached to an aromatic ring is 1. The van der Waals surface area contributed by atoms with Crippen LogP contribution in [-0.4, -0.2) is 0 Å². The molecular weight excluding hydrogens is 244 g/mol. The van der Waals surface area contributed by atoms with Crippen molar-refractivity contribution < 1.29 is 4.39 Å². The van der Waals surface area contributed by atoms with Crippen molar-refractivity contribution >= 4 is 28.3 Å². The average Bonchev–Trinajstić information content (AvgIpc) is 1.82. The third kappa shape index (κ3) is 1.39. The van der Waals surface area contributed by atoms with Crippen molar-refractivity contribution in [2.24, 2.45) is 0 Å². The highest BCUT2D eigenvalue weighted by molar-refractivity contribution is 14.1. The second kappa shape index (κ2) is 2.74. The lowest BCUT2D eigenvalue weighted by atomic mass is 10.2. The molecule has 0 saturated carbocycles. The highest BCUT2D eigenvalue weighted by Crippen LogP contribution is 2.19. The van der Waals surface area contributed by atoms with Gasteiger partial charge < -0.3 is 5.73 Å². The first kappa shape index (κ1) is 7.78. The molecule has 0 radical (unpaired) electrons. The molecule has 1 aromatic rings. The van der Waals surface area contributed by atoms with Crippen LogP contribution in [0.5, 0.6) is 0 Å². The molecule has 0 spiro atoms. The van der Waals surface area contributed by atoms with Crippen LogP contribution < -0.4 is 5.73 Å². The summed E-state index contributed by atoms with van der Waals surface area (Å²) in [6.07, 6.45) is 0. The first-order valence-electron chi connectivity index (χ1n) is 2.82. The fourth-order valence-electron chi connectivity index (χ4n) is 0.751. The van der Waals surface area contributed by atoms with Gasteiger partial charge in [0.2, 0.25) is 0 Å². The average molecular weight is 251 g/mol. The molecule has 1 nitrogen and oxygen atoms in total. The van der Waals surface area contributed by atoms with Crippen molar-refractivity contribution in [3.05, 3.63) is 27.1 Å². The molecule has 0 saturated heterocycles. The van der Waals surface area contributed by atoms with Crippen molar-refractivity contribution in [1.29, 1.82) is 0 Å². The third-order valence-corrected chi connectivity index (χ3v) is 2.72. The first-order chi connectivity index (χ1) is 4.61. The standard InChI is InChI=1S/C7H7FIN/c1-4-2-5(8)3-6(10)7(4)9/h2-3H,10H2,1H3. The van der Waals surface area contributed by atoms with Gasteiger partial charge in [0.15, 0.2) is 0 Å². The molecule has 0 aliphatic carbocycles. The predicted molar refractivity (Wildman–Crippen MR) is 48.3 cm³/mol. The molecule has 0 fully saturated rings. The van der Waals surface area contributed by atoms with Crippen molar-refractivity contribution in [1.82, 2.24) is 0 Å². The summed E-state index contributed by atoms with van der Waals surface area (Å²) in [5.41, 5.74) is 6.87. The van der Waals surface area contributed by atoms with Gasteiger partial charge in [-0.3, -0.25) is 0 Å². The summed E-state index contributed by atoms with van der Waals surface area (Å²) >= 11 is 2.09.